The molecule has 30 heavy (non-hydrogen) atoms. The molecule has 1 atom stereocenters. The molecular formula is C19H18F4N6O. The SMILES string of the molecule is Nc1[nH]nc2nc([C@H]3CCCN3CC(=O)Nc3ccccc3F)cc(C(F)(F)F)c12. The zero-order valence-electron chi connectivity index (χ0n) is 15.6. The van der Waals surface area contributed by atoms with Crippen molar-refractivity contribution in [3.05, 3.63) is 47.4 Å². The van der Waals surface area contributed by atoms with E-state index >= 15 is 0 Å². The van der Waals surface area contributed by atoms with Gasteiger partial charge in [0, 0.05) is 0 Å². The van der Waals surface area contributed by atoms with Crippen molar-refractivity contribution >= 4 is 28.4 Å². The molecule has 1 aliphatic heterocycles. The van der Waals surface area contributed by atoms with Crippen LogP contribution in [0.25, 0.3) is 11.0 Å². The largest absolute Gasteiger partial charge is 0.417 e. The number of para-hydroxylation sites is 1. The smallest absolute Gasteiger partial charge is 0.383 e. The normalized spacial score (nSPS) is 17.5. The van der Waals surface area contributed by atoms with Crippen molar-refractivity contribution in [2.24, 2.45) is 0 Å². The molecule has 1 fully saturated rings. The van der Waals surface area contributed by atoms with E-state index in [9.17, 15) is 22.4 Å². The van der Waals surface area contributed by atoms with E-state index in [0.29, 0.717) is 19.4 Å². The summed E-state index contributed by atoms with van der Waals surface area (Å²) in [6.45, 7) is 0.391. The molecule has 0 radical (unpaired) electrons. The number of aromatic amines is 1. The van der Waals surface area contributed by atoms with Crippen LogP contribution in [0.4, 0.5) is 29.1 Å². The summed E-state index contributed by atoms with van der Waals surface area (Å²) in [6.07, 6.45) is -3.43. The summed E-state index contributed by atoms with van der Waals surface area (Å²) in [5.74, 6) is -1.24. The second kappa shape index (κ2) is 7.56. The van der Waals surface area contributed by atoms with Crippen LogP contribution in [0, 0.1) is 5.82 Å². The van der Waals surface area contributed by atoms with E-state index in [1.54, 1.807) is 11.0 Å². The lowest BCUT2D eigenvalue weighted by Crippen LogP contribution is -2.33. The van der Waals surface area contributed by atoms with E-state index in [2.05, 4.69) is 20.5 Å². The molecule has 0 aliphatic carbocycles. The Morgan fingerprint density at radius 2 is 2.10 bits per heavy atom. The van der Waals surface area contributed by atoms with Crippen molar-refractivity contribution < 1.29 is 22.4 Å². The average Bonchev–Trinajstić information content (AvgIpc) is 3.29. The van der Waals surface area contributed by atoms with Crippen LogP contribution in [0.1, 0.15) is 30.1 Å². The van der Waals surface area contributed by atoms with Crippen LogP contribution < -0.4 is 11.1 Å². The van der Waals surface area contributed by atoms with E-state index in [-0.39, 0.29) is 34.8 Å². The summed E-state index contributed by atoms with van der Waals surface area (Å²) in [6, 6.07) is 6.21. The molecule has 1 aliphatic rings. The molecule has 4 N–H and O–H groups in total. The fourth-order valence-electron chi connectivity index (χ4n) is 3.75. The molecule has 0 bridgehead atoms. The van der Waals surface area contributed by atoms with Gasteiger partial charge >= 0.3 is 6.18 Å². The molecular weight excluding hydrogens is 404 g/mol. The van der Waals surface area contributed by atoms with Gasteiger partial charge in [-0.2, -0.15) is 18.3 Å². The van der Waals surface area contributed by atoms with Gasteiger partial charge in [0.1, 0.15) is 11.6 Å². The second-order valence-electron chi connectivity index (χ2n) is 7.08. The van der Waals surface area contributed by atoms with E-state index in [0.717, 1.165) is 6.07 Å². The van der Waals surface area contributed by atoms with Crippen molar-refractivity contribution in [2.75, 3.05) is 24.1 Å². The zero-order valence-corrected chi connectivity index (χ0v) is 15.6. The van der Waals surface area contributed by atoms with Gasteiger partial charge in [0.05, 0.1) is 34.9 Å². The third-order valence-electron chi connectivity index (χ3n) is 5.08. The van der Waals surface area contributed by atoms with Gasteiger partial charge < -0.3 is 11.1 Å². The third-order valence-corrected chi connectivity index (χ3v) is 5.08. The van der Waals surface area contributed by atoms with E-state index in [1.807, 2.05) is 0 Å². The number of nitrogens with zero attached hydrogens (tertiary/aromatic N) is 3. The highest BCUT2D eigenvalue weighted by Gasteiger charge is 2.37. The number of hydrogen-bond donors (Lipinski definition) is 3. The number of likely N-dealkylation sites (tertiary alicyclic amines) is 1. The van der Waals surface area contributed by atoms with Crippen molar-refractivity contribution in [2.45, 2.75) is 25.1 Å². The number of nitrogen functional groups attached to an aromatic ring is 1. The Morgan fingerprint density at radius 1 is 1.33 bits per heavy atom. The van der Waals surface area contributed by atoms with Gasteiger partial charge in [-0.1, -0.05) is 12.1 Å². The Bertz CT molecular complexity index is 1100. The maximum Gasteiger partial charge on any atom is 0.417 e. The van der Waals surface area contributed by atoms with Gasteiger partial charge in [0.25, 0.3) is 0 Å². The summed E-state index contributed by atoms with van der Waals surface area (Å²) >= 11 is 0. The first-order valence-electron chi connectivity index (χ1n) is 9.24. The number of halogens is 4. The van der Waals surface area contributed by atoms with Gasteiger partial charge in [-0.3, -0.25) is 14.8 Å². The van der Waals surface area contributed by atoms with E-state index in [4.69, 9.17) is 5.73 Å². The zero-order chi connectivity index (χ0) is 21.5. The summed E-state index contributed by atoms with van der Waals surface area (Å²) in [5.41, 5.74) is 4.77. The number of carbonyl (C=O) groups is 1. The van der Waals surface area contributed by atoms with E-state index in [1.165, 1.54) is 18.2 Å². The Morgan fingerprint density at radius 3 is 2.83 bits per heavy atom. The number of amides is 1. The summed E-state index contributed by atoms with van der Waals surface area (Å²) in [4.78, 5) is 18.4. The standard InChI is InChI=1S/C19H18F4N6O/c20-11-4-1-2-5-12(11)25-15(30)9-29-7-3-6-14(29)13-8-10(19(21,22)23)16-17(24)27-28-18(16)26-13/h1-2,4-5,8,14H,3,6-7,9H2,(H,25,30)(H3,24,26,27,28)/t14-/m1/s1. The Kier molecular flexibility index (Phi) is 5.06. The quantitative estimate of drug-likeness (QED) is 0.559. The second-order valence-corrected chi connectivity index (χ2v) is 7.08. The molecule has 0 spiro atoms. The predicted octanol–water partition coefficient (Wildman–Crippen LogP) is 3.47. The van der Waals surface area contributed by atoms with Crippen molar-refractivity contribution in [1.82, 2.24) is 20.1 Å². The molecule has 1 saturated heterocycles. The highest BCUT2D eigenvalue weighted by Crippen LogP contribution is 2.39. The number of carbonyl (C=O) groups excluding carboxylic acids is 1. The molecule has 158 valence electrons. The predicted molar refractivity (Wildman–Crippen MR) is 102 cm³/mol. The van der Waals surface area contributed by atoms with Crippen LogP contribution in [0.2, 0.25) is 0 Å². The minimum atomic E-state index is -4.64. The van der Waals surface area contributed by atoms with Crippen LogP contribution in [-0.4, -0.2) is 39.1 Å². The van der Waals surface area contributed by atoms with Gasteiger partial charge in [0.2, 0.25) is 5.91 Å². The first-order chi connectivity index (χ1) is 14.2. The summed E-state index contributed by atoms with van der Waals surface area (Å²) < 4.78 is 54.5. The number of alkyl halides is 3. The number of anilines is 2. The fraction of sp³-hybridized carbons (Fsp3) is 0.316. The number of rotatable bonds is 4. The number of hydrogen-bond acceptors (Lipinski definition) is 5. The lowest BCUT2D eigenvalue weighted by molar-refractivity contribution is -0.136. The number of nitrogens with one attached hydrogen (secondary N) is 2. The molecule has 3 heterocycles. The number of fused-ring (bicyclic) bond motifs is 1. The number of nitrogens with two attached hydrogens (primary N) is 1. The molecule has 2 aromatic heterocycles. The van der Waals surface area contributed by atoms with Crippen LogP contribution in [-0.2, 0) is 11.0 Å². The number of benzene rings is 1. The van der Waals surface area contributed by atoms with Crippen LogP contribution in [0.3, 0.4) is 0 Å². The fourth-order valence-corrected chi connectivity index (χ4v) is 3.75. The first-order valence-corrected chi connectivity index (χ1v) is 9.24. The van der Waals surface area contributed by atoms with Gasteiger partial charge in [0.15, 0.2) is 5.65 Å². The van der Waals surface area contributed by atoms with Crippen molar-refractivity contribution in [3.8, 4) is 0 Å². The number of H-pyrrole nitrogens is 1. The van der Waals surface area contributed by atoms with Gasteiger partial charge in [-0.05, 0) is 37.6 Å². The molecule has 0 unspecified atom stereocenters. The maximum absolute atomic E-state index is 13.7. The van der Waals surface area contributed by atoms with E-state index < -0.39 is 29.5 Å². The molecule has 11 heteroatoms. The lowest BCUT2D eigenvalue weighted by Gasteiger charge is -2.24. The lowest BCUT2D eigenvalue weighted by atomic mass is 10.1. The average molecular weight is 422 g/mol. The highest BCUT2D eigenvalue weighted by atomic mass is 19.4. The Labute approximate surface area is 168 Å². The maximum atomic E-state index is 13.7. The minimum absolute atomic E-state index is 0.0455. The van der Waals surface area contributed by atoms with Gasteiger partial charge in [-0.25, -0.2) is 9.37 Å². The number of aromatic nitrogens is 3. The molecule has 1 aromatic carbocycles. The molecule has 3 aromatic rings. The summed E-state index contributed by atoms with van der Waals surface area (Å²) in [5, 5.41) is 8.33. The van der Waals surface area contributed by atoms with Crippen LogP contribution in [0.5, 0.6) is 0 Å². The molecule has 4 rings (SSSR count). The minimum Gasteiger partial charge on any atom is -0.383 e. The van der Waals surface area contributed by atoms with Gasteiger partial charge in [-0.15, -0.1) is 0 Å². The Hall–Kier alpha value is -3.21. The first kappa shape index (κ1) is 20.1. The molecule has 7 nitrogen and oxygen atoms in total. The monoisotopic (exact) mass is 422 g/mol. The molecule has 1 amide bonds. The highest BCUT2D eigenvalue weighted by molar-refractivity contribution is 5.92. The van der Waals surface area contributed by atoms with Crippen LogP contribution in [0.15, 0.2) is 30.3 Å². The number of pyridine rings is 1. The van der Waals surface area contributed by atoms with Crippen molar-refractivity contribution in [1.29, 1.82) is 0 Å². The van der Waals surface area contributed by atoms with Crippen molar-refractivity contribution in [3.63, 3.8) is 0 Å². The topological polar surface area (TPSA) is 99.9 Å². The summed E-state index contributed by atoms with van der Waals surface area (Å²) in [7, 11) is 0. The Balaban J connectivity index is 1.60. The third kappa shape index (κ3) is 3.80. The van der Waals surface area contributed by atoms with Crippen LogP contribution >= 0.6 is 0 Å². The molecule has 0 saturated carbocycles.